The van der Waals surface area contributed by atoms with Crippen molar-refractivity contribution in [1.29, 1.82) is 0 Å². The van der Waals surface area contributed by atoms with E-state index in [2.05, 4.69) is 91.8 Å². The van der Waals surface area contributed by atoms with Crippen molar-refractivity contribution in [2.75, 3.05) is 0 Å². The quantitative estimate of drug-likeness (QED) is 0.149. The second kappa shape index (κ2) is 18.6. The minimum absolute atomic E-state index is 0. The van der Waals surface area contributed by atoms with Gasteiger partial charge in [0.25, 0.3) is 0 Å². The molecule has 3 aromatic heterocycles. The maximum atomic E-state index is 8.61. The van der Waals surface area contributed by atoms with Gasteiger partial charge in [-0.2, -0.15) is 0 Å². The summed E-state index contributed by atoms with van der Waals surface area (Å²) in [5.74, 6) is 1.12. The monoisotopic (exact) mass is 1030 g/mol. The zero-order valence-corrected chi connectivity index (χ0v) is 40.1. The summed E-state index contributed by atoms with van der Waals surface area (Å²) >= 11 is 0. The molecule has 0 atom stereocenters. The number of imidazole rings is 1. The zero-order valence-electron chi connectivity index (χ0n) is 43.7. The minimum atomic E-state index is -2.41. The molecule has 1 radical (unpaired) electrons. The number of pyridine rings is 1. The first-order chi connectivity index (χ1) is 33.3. The van der Waals surface area contributed by atoms with E-state index >= 15 is 0 Å². The number of hydrogen-bond donors (Lipinski definition) is 0. The molecule has 0 bridgehead atoms. The fourth-order valence-corrected chi connectivity index (χ4v) is 8.64. The Bertz CT molecular complexity index is 3470. The van der Waals surface area contributed by atoms with Crippen molar-refractivity contribution >= 4 is 33.0 Å². The van der Waals surface area contributed by atoms with E-state index in [4.69, 9.17) is 17.6 Å². The molecule has 0 aliphatic carbocycles. The van der Waals surface area contributed by atoms with Crippen molar-refractivity contribution in [3.63, 3.8) is 0 Å². The van der Waals surface area contributed by atoms with Crippen LogP contribution in [0.3, 0.4) is 0 Å². The predicted molar refractivity (Wildman–Crippen MR) is 268 cm³/mol. The van der Waals surface area contributed by atoms with E-state index in [9.17, 15) is 0 Å². The van der Waals surface area contributed by atoms with Gasteiger partial charge in [0.15, 0.2) is 0 Å². The van der Waals surface area contributed by atoms with Crippen LogP contribution in [0.1, 0.15) is 96.3 Å². The number of nitrogens with zero attached hydrogens (tertiary/aromatic N) is 3. The van der Waals surface area contributed by atoms with Crippen LogP contribution in [0.15, 0.2) is 162 Å². The Kier molecular flexibility index (Phi) is 10.9. The summed E-state index contributed by atoms with van der Waals surface area (Å²) in [5.41, 5.74) is 13.5. The number of furan rings is 1. The fraction of sp³-hybridized carbons (Fsp3) is 0.200. The average molecular weight is 1030 g/mol. The summed E-state index contributed by atoms with van der Waals surface area (Å²) in [4.78, 5) is 9.56. The SMILES string of the molecule is [2H]C([2H])([2H])c1c(-c2ccccc2)ccc2c1oc1c(-c3nc4ccccc4n3-c3c(C(C)C)cc(-c4ccccc4)cc3C(C)C)[c-]ccc12.[2H]C([2H])([2H])c1cnc(-c2[c-]cccc2)cc1C(C)(C)C.[Ir]. The largest absolute Gasteiger partial charge is 0.500 e. The van der Waals surface area contributed by atoms with Gasteiger partial charge in [0.05, 0.1) is 22.4 Å². The molecule has 5 heteroatoms. The van der Waals surface area contributed by atoms with Gasteiger partial charge < -0.3 is 14.0 Å². The molecule has 0 saturated heterocycles. The second-order valence-corrected chi connectivity index (χ2v) is 18.0. The molecule has 65 heavy (non-hydrogen) atoms. The Morgan fingerprint density at radius 3 is 1.95 bits per heavy atom. The molecule has 0 spiro atoms. The van der Waals surface area contributed by atoms with Crippen LogP contribution < -0.4 is 0 Å². The third-order valence-electron chi connectivity index (χ3n) is 11.9. The molecule has 0 aliphatic rings. The van der Waals surface area contributed by atoms with Gasteiger partial charge in [0.2, 0.25) is 0 Å². The number of rotatable bonds is 7. The van der Waals surface area contributed by atoms with Crippen LogP contribution in [0.25, 0.3) is 83.6 Å². The third kappa shape index (κ3) is 8.76. The molecule has 0 fully saturated rings. The van der Waals surface area contributed by atoms with E-state index in [1.165, 1.54) is 28.5 Å². The molecular weight excluding hydrogens is 971 g/mol. The Hall–Kier alpha value is -6.39. The van der Waals surface area contributed by atoms with Gasteiger partial charge in [0.1, 0.15) is 5.58 Å². The molecule has 3 heterocycles. The first kappa shape index (κ1) is 37.9. The van der Waals surface area contributed by atoms with Crippen molar-refractivity contribution in [3.8, 4) is 50.6 Å². The molecule has 10 aromatic rings. The summed E-state index contributed by atoms with van der Waals surface area (Å²) in [7, 11) is 0. The van der Waals surface area contributed by atoms with Crippen LogP contribution >= 0.6 is 0 Å². The standard InChI is InChI=1S/C44H37N2O.C16H18N.Ir/c1-27(2)37-25-32(30-15-8-6-9-16-30)26-38(28(3)4)41(37)46-40-22-13-12-21-39(40)45-44(46)36-20-14-19-34-35-24-23-33(31-17-10-7-11-18-31)29(5)42(35)47-43(34)36;1-12-11-17-15(10-14(12)16(2,3)4)13-8-6-5-7-9-13;/h6-19,21-28H,1-5H3;5-8,10-11H,1-4H3;/q2*-1;/i5D3;1D3;. The molecule has 0 unspecified atom stereocenters. The molecule has 0 amide bonds. The van der Waals surface area contributed by atoms with Crippen LogP contribution in [0.5, 0.6) is 0 Å². The molecule has 0 N–H and O–H groups in total. The van der Waals surface area contributed by atoms with Crippen molar-refractivity contribution in [1.82, 2.24) is 14.5 Å². The van der Waals surface area contributed by atoms with Gasteiger partial charge in [-0.25, -0.2) is 0 Å². The van der Waals surface area contributed by atoms with E-state index in [1.54, 1.807) is 0 Å². The maximum Gasteiger partial charge on any atom is 0.124 e. The predicted octanol–water partition coefficient (Wildman–Crippen LogP) is 16.4. The Balaban J connectivity index is 0.000000271. The van der Waals surface area contributed by atoms with Crippen molar-refractivity contribution in [2.45, 2.75) is 79.4 Å². The first-order valence-corrected chi connectivity index (χ1v) is 22.0. The molecular formula is C60H55IrN3O-2. The smallest absolute Gasteiger partial charge is 0.124 e. The Labute approximate surface area is 406 Å². The van der Waals surface area contributed by atoms with Crippen LogP contribution in [0, 0.1) is 25.8 Å². The normalized spacial score (nSPS) is 13.4. The van der Waals surface area contributed by atoms with Crippen molar-refractivity contribution in [2.24, 2.45) is 0 Å². The van der Waals surface area contributed by atoms with Crippen molar-refractivity contribution in [3.05, 3.63) is 198 Å². The number of para-hydroxylation sites is 2. The summed E-state index contributed by atoms with van der Waals surface area (Å²) in [6.07, 6.45) is 1.48. The van der Waals surface area contributed by atoms with E-state index < -0.39 is 13.7 Å². The summed E-state index contributed by atoms with van der Waals surface area (Å²) in [6.45, 7) is 10.4. The van der Waals surface area contributed by atoms with Crippen LogP contribution in [-0.2, 0) is 25.5 Å². The first-order valence-electron chi connectivity index (χ1n) is 25.0. The number of benzene rings is 7. The van der Waals surface area contributed by atoms with Crippen LogP contribution in [0.2, 0.25) is 0 Å². The van der Waals surface area contributed by atoms with E-state index in [0.717, 1.165) is 49.9 Å². The van der Waals surface area contributed by atoms with Crippen LogP contribution in [0.4, 0.5) is 0 Å². The van der Waals surface area contributed by atoms with Gasteiger partial charge in [-0.1, -0.05) is 150 Å². The molecule has 327 valence electrons. The average Bonchev–Trinajstić information content (AvgIpc) is 3.92. The number of aromatic nitrogens is 3. The summed E-state index contributed by atoms with van der Waals surface area (Å²) < 4.78 is 57.8. The second-order valence-electron chi connectivity index (χ2n) is 18.0. The van der Waals surface area contributed by atoms with Crippen molar-refractivity contribution < 1.29 is 32.7 Å². The van der Waals surface area contributed by atoms with E-state index in [1.807, 2.05) is 130 Å². The zero-order chi connectivity index (χ0) is 49.7. The van der Waals surface area contributed by atoms with E-state index in [-0.39, 0.29) is 42.9 Å². The molecule has 0 saturated carbocycles. The maximum absolute atomic E-state index is 8.61. The number of hydrogen-bond acceptors (Lipinski definition) is 3. The van der Waals surface area contributed by atoms with Gasteiger partial charge in [0, 0.05) is 45.6 Å². The van der Waals surface area contributed by atoms with Crippen LogP contribution in [-0.4, -0.2) is 14.5 Å². The third-order valence-corrected chi connectivity index (χ3v) is 11.9. The van der Waals surface area contributed by atoms with Gasteiger partial charge in [-0.15, -0.1) is 54.1 Å². The summed E-state index contributed by atoms with van der Waals surface area (Å²) in [5, 5.41) is 1.58. The fourth-order valence-electron chi connectivity index (χ4n) is 8.64. The Morgan fingerprint density at radius 1 is 0.646 bits per heavy atom. The molecule has 10 rings (SSSR count). The molecule has 7 aromatic carbocycles. The van der Waals surface area contributed by atoms with Gasteiger partial charge in [-0.05, 0) is 111 Å². The van der Waals surface area contributed by atoms with Gasteiger partial charge in [-0.3, -0.25) is 4.98 Å². The minimum Gasteiger partial charge on any atom is -0.500 e. The number of fused-ring (bicyclic) bond motifs is 4. The van der Waals surface area contributed by atoms with E-state index in [0.29, 0.717) is 33.7 Å². The van der Waals surface area contributed by atoms with Gasteiger partial charge >= 0.3 is 0 Å². The Morgan fingerprint density at radius 2 is 1.31 bits per heavy atom. The number of aryl methyl sites for hydroxylation is 2. The summed E-state index contributed by atoms with van der Waals surface area (Å²) in [6, 6.07) is 56.8. The molecule has 0 aliphatic heterocycles. The topological polar surface area (TPSA) is 43.9 Å². The molecule has 4 nitrogen and oxygen atoms in total.